The van der Waals surface area contributed by atoms with Gasteiger partial charge in [-0.25, -0.2) is 0 Å². The van der Waals surface area contributed by atoms with Crippen LogP contribution in [0.3, 0.4) is 0 Å². The van der Waals surface area contributed by atoms with Gasteiger partial charge in [0.15, 0.2) is 0 Å². The Kier molecular flexibility index (Phi) is 32.5. The quantitative estimate of drug-likeness (QED) is 0.0789. The number of carboxylic acid groups (broad SMARTS) is 1. The number of unbranched alkanes of at least 4 members (excludes halogenated alkanes) is 26. The first-order valence-corrected chi connectivity index (χ1v) is 18.9. The lowest BCUT2D eigenvalue weighted by molar-refractivity contribution is -0.144. The zero-order valence-corrected chi connectivity index (χ0v) is 28.1. The van der Waals surface area contributed by atoms with Gasteiger partial charge in [0.05, 0.1) is 5.92 Å². The molecule has 0 fully saturated rings. The highest BCUT2D eigenvalue weighted by Gasteiger charge is 2.26. The minimum Gasteiger partial charge on any atom is -0.481 e. The third-order valence-corrected chi connectivity index (χ3v) is 9.36. The third kappa shape index (κ3) is 27.6. The van der Waals surface area contributed by atoms with E-state index in [-0.39, 0.29) is 5.92 Å². The smallest absolute Gasteiger partial charge is 0.306 e. The van der Waals surface area contributed by atoms with Crippen molar-refractivity contribution < 1.29 is 9.90 Å². The second-order valence-electron chi connectivity index (χ2n) is 13.3. The first-order chi connectivity index (χ1) is 19.7. The van der Waals surface area contributed by atoms with E-state index in [0.717, 1.165) is 25.7 Å². The van der Waals surface area contributed by atoms with E-state index < -0.39 is 5.97 Å². The first-order valence-electron chi connectivity index (χ1n) is 18.9. The van der Waals surface area contributed by atoms with Crippen LogP contribution in [0.2, 0.25) is 0 Å². The molecule has 1 N–H and O–H groups in total. The van der Waals surface area contributed by atoms with E-state index >= 15 is 0 Å². The summed E-state index contributed by atoms with van der Waals surface area (Å²) in [6, 6.07) is 0. The number of hydrogen-bond donors (Lipinski definition) is 1. The van der Waals surface area contributed by atoms with Crippen molar-refractivity contribution in [2.24, 2.45) is 11.8 Å². The van der Waals surface area contributed by atoms with E-state index in [0.29, 0.717) is 5.92 Å². The highest BCUT2D eigenvalue weighted by molar-refractivity contribution is 5.70. The summed E-state index contributed by atoms with van der Waals surface area (Å²) in [5.41, 5.74) is 0. The van der Waals surface area contributed by atoms with Crippen LogP contribution in [0.25, 0.3) is 0 Å². The SMILES string of the molecule is CCCCCCCCCCCCCCCCC(C(=O)O)C(CCCCCCCC)CCCCCCCCCCC. The summed E-state index contributed by atoms with van der Waals surface area (Å²) in [7, 11) is 0. The largest absolute Gasteiger partial charge is 0.481 e. The monoisotopic (exact) mass is 565 g/mol. The number of hydrogen-bond acceptors (Lipinski definition) is 1. The molecule has 0 radical (unpaired) electrons. The molecule has 2 unspecified atom stereocenters. The average molecular weight is 565 g/mol. The molecule has 0 aromatic carbocycles. The van der Waals surface area contributed by atoms with Crippen molar-refractivity contribution in [3.8, 4) is 0 Å². The van der Waals surface area contributed by atoms with Gasteiger partial charge in [0, 0.05) is 0 Å². The molecule has 0 aliphatic heterocycles. The first kappa shape index (κ1) is 39.5. The van der Waals surface area contributed by atoms with Crippen molar-refractivity contribution in [3.05, 3.63) is 0 Å². The molecule has 40 heavy (non-hydrogen) atoms. The molecule has 0 heterocycles. The minimum absolute atomic E-state index is 0.109. The molecular formula is C38H76O2. The summed E-state index contributed by atoms with van der Waals surface area (Å²) in [6.07, 6.45) is 42.2. The van der Waals surface area contributed by atoms with Gasteiger partial charge >= 0.3 is 5.97 Å². The summed E-state index contributed by atoms with van der Waals surface area (Å²) < 4.78 is 0. The zero-order chi connectivity index (χ0) is 29.4. The molecule has 0 saturated carbocycles. The zero-order valence-electron chi connectivity index (χ0n) is 28.1. The second kappa shape index (κ2) is 33.0. The number of aliphatic carboxylic acids is 1. The normalized spacial score (nSPS) is 13.1. The lowest BCUT2D eigenvalue weighted by Gasteiger charge is -2.24. The predicted molar refractivity (Wildman–Crippen MR) is 179 cm³/mol. The van der Waals surface area contributed by atoms with E-state index in [1.54, 1.807) is 0 Å². The number of carbonyl (C=O) groups is 1. The van der Waals surface area contributed by atoms with Crippen LogP contribution in [-0.2, 0) is 4.79 Å². The van der Waals surface area contributed by atoms with Gasteiger partial charge in [-0.05, 0) is 25.2 Å². The van der Waals surface area contributed by atoms with E-state index in [1.165, 1.54) is 180 Å². The molecule has 240 valence electrons. The summed E-state index contributed by atoms with van der Waals surface area (Å²) >= 11 is 0. The van der Waals surface area contributed by atoms with E-state index in [2.05, 4.69) is 20.8 Å². The summed E-state index contributed by atoms with van der Waals surface area (Å²) in [4.78, 5) is 12.3. The van der Waals surface area contributed by atoms with Gasteiger partial charge in [0.2, 0.25) is 0 Å². The Morgan fingerprint density at radius 2 is 0.600 bits per heavy atom. The lowest BCUT2D eigenvalue weighted by Crippen LogP contribution is -2.24. The third-order valence-electron chi connectivity index (χ3n) is 9.36. The van der Waals surface area contributed by atoms with Crippen molar-refractivity contribution >= 4 is 5.97 Å². The van der Waals surface area contributed by atoms with Crippen molar-refractivity contribution in [3.63, 3.8) is 0 Å². The fourth-order valence-electron chi connectivity index (χ4n) is 6.57. The van der Waals surface area contributed by atoms with E-state index in [1.807, 2.05) is 0 Å². The molecular weight excluding hydrogens is 488 g/mol. The van der Waals surface area contributed by atoms with Crippen molar-refractivity contribution in [1.29, 1.82) is 0 Å². The minimum atomic E-state index is -0.512. The van der Waals surface area contributed by atoms with Crippen molar-refractivity contribution in [1.82, 2.24) is 0 Å². The number of rotatable bonds is 34. The van der Waals surface area contributed by atoms with Crippen molar-refractivity contribution in [2.75, 3.05) is 0 Å². The average Bonchev–Trinajstić information content (AvgIpc) is 2.95. The molecule has 0 aromatic heterocycles. The number of carboxylic acids is 1. The van der Waals surface area contributed by atoms with Gasteiger partial charge in [-0.1, -0.05) is 207 Å². The Labute approximate surface area is 253 Å². The van der Waals surface area contributed by atoms with Crippen LogP contribution in [0.5, 0.6) is 0 Å². The molecule has 2 nitrogen and oxygen atoms in total. The lowest BCUT2D eigenvalue weighted by atomic mass is 9.80. The highest BCUT2D eigenvalue weighted by Crippen LogP contribution is 2.30. The standard InChI is InChI=1S/C38H76O2/c1-4-7-10-13-16-18-19-20-21-22-24-26-29-32-35-37(38(39)40)36(33-30-27-15-12-9-6-3)34-31-28-25-23-17-14-11-8-5-2/h36-37H,4-35H2,1-3H3,(H,39,40). The molecule has 0 rings (SSSR count). The Balaban J connectivity index is 4.19. The fraction of sp³-hybridized carbons (Fsp3) is 0.974. The molecule has 0 aliphatic carbocycles. The Hall–Kier alpha value is -0.530. The highest BCUT2D eigenvalue weighted by atomic mass is 16.4. The van der Waals surface area contributed by atoms with Gasteiger partial charge in [0.1, 0.15) is 0 Å². The van der Waals surface area contributed by atoms with Crippen LogP contribution in [0.1, 0.15) is 226 Å². The second-order valence-corrected chi connectivity index (χ2v) is 13.3. The predicted octanol–water partition coefficient (Wildman–Crippen LogP) is 13.8. The summed E-state index contributed by atoms with van der Waals surface area (Å²) in [5.74, 6) is -0.223. The van der Waals surface area contributed by atoms with Crippen LogP contribution in [0.15, 0.2) is 0 Å². The molecule has 0 saturated heterocycles. The fourth-order valence-corrected chi connectivity index (χ4v) is 6.57. The maximum Gasteiger partial charge on any atom is 0.306 e. The van der Waals surface area contributed by atoms with Crippen LogP contribution < -0.4 is 0 Å². The van der Waals surface area contributed by atoms with Crippen LogP contribution in [0.4, 0.5) is 0 Å². The van der Waals surface area contributed by atoms with Crippen LogP contribution >= 0.6 is 0 Å². The van der Waals surface area contributed by atoms with E-state index in [9.17, 15) is 9.90 Å². The maximum atomic E-state index is 12.3. The molecule has 2 heteroatoms. The molecule has 0 aliphatic rings. The topological polar surface area (TPSA) is 37.3 Å². The van der Waals surface area contributed by atoms with Gasteiger partial charge in [-0.2, -0.15) is 0 Å². The maximum absolute atomic E-state index is 12.3. The summed E-state index contributed by atoms with van der Waals surface area (Å²) in [5, 5.41) is 10.2. The Bertz CT molecular complexity index is 488. The molecule has 0 aromatic rings. The van der Waals surface area contributed by atoms with Gasteiger partial charge < -0.3 is 5.11 Å². The summed E-state index contributed by atoms with van der Waals surface area (Å²) in [6.45, 7) is 6.85. The Morgan fingerprint density at radius 3 is 0.850 bits per heavy atom. The van der Waals surface area contributed by atoms with Gasteiger partial charge in [0.25, 0.3) is 0 Å². The Morgan fingerprint density at radius 1 is 0.375 bits per heavy atom. The van der Waals surface area contributed by atoms with Crippen LogP contribution in [0, 0.1) is 11.8 Å². The molecule has 0 amide bonds. The van der Waals surface area contributed by atoms with Crippen molar-refractivity contribution in [2.45, 2.75) is 226 Å². The molecule has 0 spiro atoms. The van der Waals surface area contributed by atoms with Gasteiger partial charge in [-0.15, -0.1) is 0 Å². The van der Waals surface area contributed by atoms with Gasteiger partial charge in [-0.3, -0.25) is 4.79 Å². The van der Waals surface area contributed by atoms with Crippen LogP contribution in [-0.4, -0.2) is 11.1 Å². The van der Waals surface area contributed by atoms with E-state index in [4.69, 9.17) is 0 Å². The molecule has 0 bridgehead atoms. The molecule has 2 atom stereocenters.